The van der Waals surface area contributed by atoms with Gasteiger partial charge >= 0.3 is 0 Å². The molecule has 0 aromatic carbocycles. The van der Waals surface area contributed by atoms with Crippen LogP contribution in [0.25, 0.3) is 0 Å². The number of likely N-dealkylation sites (N-methyl/N-ethyl adjacent to an activating group) is 1. The Morgan fingerprint density at radius 2 is 2.05 bits per heavy atom. The van der Waals surface area contributed by atoms with Crippen molar-refractivity contribution in [3.63, 3.8) is 0 Å². The molecule has 6 heteroatoms. The number of nitrogens with two attached hydrogens (primary N) is 1. The first-order valence-corrected chi connectivity index (χ1v) is 8.15. The number of nitrogens with zero attached hydrogens (tertiary/aromatic N) is 3. The van der Waals surface area contributed by atoms with Crippen LogP contribution in [0, 0.1) is 0 Å². The van der Waals surface area contributed by atoms with E-state index < -0.39 is 5.41 Å². The molecule has 1 aliphatic heterocycles. The highest BCUT2D eigenvalue weighted by atomic mass is 79.9. The Hall–Kier alpha value is -0.980. The molecule has 2 aliphatic rings. The Morgan fingerprint density at radius 3 is 2.62 bits per heavy atom. The van der Waals surface area contributed by atoms with Gasteiger partial charge in [0.05, 0.1) is 11.1 Å². The van der Waals surface area contributed by atoms with E-state index in [0.29, 0.717) is 6.04 Å². The number of primary amides is 1. The van der Waals surface area contributed by atoms with Gasteiger partial charge in [-0.1, -0.05) is 15.9 Å². The number of amides is 1. The third-order valence-electron chi connectivity index (χ3n) is 4.91. The summed E-state index contributed by atoms with van der Waals surface area (Å²) >= 11 is 3.45. The summed E-state index contributed by atoms with van der Waals surface area (Å²) in [4.78, 5) is 21.2. The Labute approximate surface area is 133 Å². The monoisotopic (exact) mass is 352 g/mol. The normalized spacial score (nSPS) is 30.9. The molecule has 2 heterocycles. The van der Waals surface area contributed by atoms with Gasteiger partial charge in [0, 0.05) is 42.9 Å². The minimum atomic E-state index is -0.586. The molecule has 3 rings (SSSR count). The van der Waals surface area contributed by atoms with Gasteiger partial charge in [0.1, 0.15) is 0 Å². The van der Waals surface area contributed by atoms with E-state index in [0.717, 1.165) is 49.2 Å². The molecule has 1 amide bonds. The van der Waals surface area contributed by atoms with Gasteiger partial charge in [-0.15, -0.1) is 0 Å². The highest BCUT2D eigenvalue weighted by Gasteiger charge is 2.53. The van der Waals surface area contributed by atoms with E-state index in [2.05, 4.69) is 37.8 Å². The number of halogens is 1. The smallest absolute Gasteiger partial charge is 0.229 e. The predicted molar refractivity (Wildman–Crippen MR) is 84.9 cm³/mol. The first-order valence-electron chi connectivity index (χ1n) is 7.36. The summed E-state index contributed by atoms with van der Waals surface area (Å²) in [6.07, 6.45) is 3.30. The van der Waals surface area contributed by atoms with E-state index in [1.807, 2.05) is 12.1 Å². The summed E-state index contributed by atoms with van der Waals surface area (Å²) in [5.74, 6) is -0.251. The molecule has 0 radical (unpaired) electrons. The van der Waals surface area contributed by atoms with E-state index in [1.165, 1.54) is 0 Å². The molecule has 2 fully saturated rings. The lowest BCUT2D eigenvalue weighted by atomic mass is 9.62. The lowest BCUT2D eigenvalue weighted by Gasteiger charge is -2.51. The zero-order valence-electron chi connectivity index (χ0n) is 12.3. The van der Waals surface area contributed by atoms with Crippen molar-refractivity contribution in [2.75, 3.05) is 33.2 Å². The third kappa shape index (κ3) is 2.72. The molecule has 0 bridgehead atoms. The van der Waals surface area contributed by atoms with Gasteiger partial charge in [0.25, 0.3) is 0 Å². The van der Waals surface area contributed by atoms with Gasteiger partial charge in [-0.2, -0.15) is 0 Å². The molecule has 1 aliphatic carbocycles. The minimum absolute atomic E-state index is 0.251. The van der Waals surface area contributed by atoms with Crippen LogP contribution in [0.4, 0.5) is 0 Å². The third-order valence-corrected chi connectivity index (χ3v) is 5.40. The summed E-state index contributed by atoms with van der Waals surface area (Å²) in [5.41, 5.74) is 5.92. The zero-order valence-corrected chi connectivity index (χ0v) is 13.8. The van der Waals surface area contributed by atoms with E-state index in [4.69, 9.17) is 5.73 Å². The molecule has 1 saturated carbocycles. The number of carbonyl (C=O) groups is 1. The van der Waals surface area contributed by atoms with Crippen LogP contribution in [0.2, 0.25) is 0 Å². The molecule has 21 heavy (non-hydrogen) atoms. The van der Waals surface area contributed by atoms with Gasteiger partial charge in [0.2, 0.25) is 5.91 Å². The molecule has 2 N–H and O–H groups in total. The predicted octanol–water partition coefficient (Wildman–Crippen LogP) is 0.977. The quantitative estimate of drug-likeness (QED) is 0.880. The van der Waals surface area contributed by atoms with Crippen LogP contribution in [0.1, 0.15) is 18.5 Å². The lowest BCUT2D eigenvalue weighted by molar-refractivity contribution is -0.130. The number of rotatable bonds is 3. The van der Waals surface area contributed by atoms with Gasteiger partial charge in [0.15, 0.2) is 0 Å². The van der Waals surface area contributed by atoms with Crippen LogP contribution in [0.5, 0.6) is 0 Å². The topological polar surface area (TPSA) is 62.5 Å². The number of aromatic nitrogens is 1. The van der Waals surface area contributed by atoms with Crippen LogP contribution in [-0.2, 0) is 10.2 Å². The Kier molecular flexibility index (Phi) is 4.03. The molecule has 0 unspecified atom stereocenters. The zero-order chi connectivity index (χ0) is 15.0. The maximum absolute atomic E-state index is 12.0. The van der Waals surface area contributed by atoms with Gasteiger partial charge in [-0.25, -0.2) is 0 Å². The fourth-order valence-corrected chi connectivity index (χ4v) is 3.73. The van der Waals surface area contributed by atoms with E-state index in [1.54, 1.807) is 6.20 Å². The summed E-state index contributed by atoms with van der Waals surface area (Å²) in [5, 5.41) is 0. The molecule has 0 atom stereocenters. The van der Waals surface area contributed by atoms with E-state index in [9.17, 15) is 4.79 Å². The summed E-state index contributed by atoms with van der Waals surface area (Å²) in [7, 11) is 2.15. The van der Waals surface area contributed by atoms with Gasteiger partial charge in [-0.05, 0) is 32.0 Å². The second-order valence-corrected chi connectivity index (χ2v) is 7.12. The number of hydrogen-bond acceptors (Lipinski definition) is 4. The Bertz CT molecular complexity index is 536. The SMILES string of the molecule is CN1CCN(C2CC(C(N)=O)(c3cc(Br)ccn3)C2)CC1. The summed E-state index contributed by atoms with van der Waals surface area (Å²) in [6, 6.07) is 4.24. The first-order chi connectivity index (χ1) is 10.0. The average Bonchev–Trinajstić information content (AvgIpc) is 2.39. The number of pyridine rings is 1. The second kappa shape index (κ2) is 5.66. The summed E-state index contributed by atoms with van der Waals surface area (Å²) < 4.78 is 0.941. The fourth-order valence-electron chi connectivity index (χ4n) is 3.39. The molecular weight excluding hydrogens is 332 g/mol. The van der Waals surface area contributed by atoms with Crippen LogP contribution < -0.4 is 5.73 Å². The van der Waals surface area contributed by atoms with E-state index >= 15 is 0 Å². The fraction of sp³-hybridized carbons (Fsp3) is 0.600. The van der Waals surface area contributed by atoms with Crippen LogP contribution in [0.15, 0.2) is 22.8 Å². The van der Waals surface area contributed by atoms with Crippen molar-refractivity contribution in [1.29, 1.82) is 0 Å². The molecular formula is C15H21BrN4O. The minimum Gasteiger partial charge on any atom is -0.369 e. The highest BCUT2D eigenvalue weighted by molar-refractivity contribution is 9.10. The van der Waals surface area contributed by atoms with Gasteiger partial charge < -0.3 is 10.6 Å². The second-order valence-electron chi connectivity index (χ2n) is 6.21. The molecule has 1 aromatic heterocycles. The molecule has 1 aromatic rings. The van der Waals surface area contributed by atoms with Gasteiger partial charge in [-0.3, -0.25) is 14.7 Å². The van der Waals surface area contributed by atoms with Crippen molar-refractivity contribution in [3.05, 3.63) is 28.5 Å². The highest BCUT2D eigenvalue weighted by Crippen LogP contribution is 2.45. The number of carbonyl (C=O) groups excluding carboxylic acids is 1. The van der Waals surface area contributed by atoms with Crippen LogP contribution in [-0.4, -0.2) is 60.0 Å². The molecule has 114 valence electrons. The van der Waals surface area contributed by atoms with Crippen LogP contribution >= 0.6 is 15.9 Å². The largest absolute Gasteiger partial charge is 0.369 e. The van der Waals surface area contributed by atoms with Crippen molar-refractivity contribution in [3.8, 4) is 0 Å². The number of piperazine rings is 1. The standard InChI is InChI=1S/C15H21BrN4O/c1-19-4-6-20(7-5-19)12-9-15(10-12,14(17)21)13-8-11(16)2-3-18-13/h2-3,8,12H,4-7,9-10H2,1H3,(H2,17,21). The average molecular weight is 353 g/mol. The van der Waals surface area contributed by atoms with Crippen molar-refractivity contribution in [2.24, 2.45) is 5.73 Å². The van der Waals surface area contributed by atoms with E-state index in [-0.39, 0.29) is 5.91 Å². The molecule has 5 nitrogen and oxygen atoms in total. The first kappa shape index (κ1) is 14.9. The Balaban J connectivity index is 1.73. The lowest BCUT2D eigenvalue weighted by Crippen LogP contribution is -2.62. The van der Waals surface area contributed by atoms with Crippen molar-refractivity contribution in [1.82, 2.24) is 14.8 Å². The Morgan fingerprint density at radius 1 is 1.38 bits per heavy atom. The molecule has 0 spiro atoms. The van der Waals surface area contributed by atoms with Crippen molar-refractivity contribution in [2.45, 2.75) is 24.3 Å². The summed E-state index contributed by atoms with van der Waals surface area (Å²) in [6.45, 7) is 4.33. The van der Waals surface area contributed by atoms with Crippen LogP contribution in [0.3, 0.4) is 0 Å². The maximum atomic E-state index is 12.0. The van der Waals surface area contributed by atoms with Crippen molar-refractivity contribution >= 4 is 21.8 Å². The van der Waals surface area contributed by atoms with Crippen molar-refractivity contribution < 1.29 is 4.79 Å². The number of hydrogen-bond donors (Lipinski definition) is 1. The molecule has 1 saturated heterocycles. The maximum Gasteiger partial charge on any atom is 0.229 e.